The van der Waals surface area contributed by atoms with E-state index in [1.807, 2.05) is 60.7 Å². The highest BCUT2D eigenvalue weighted by molar-refractivity contribution is 6.35. The van der Waals surface area contributed by atoms with Crippen molar-refractivity contribution in [2.24, 2.45) is 0 Å². The van der Waals surface area contributed by atoms with Gasteiger partial charge in [-0.2, -0.15) is 0 Å². The molecule has 4 aromatic rings. The number of phenolic OH excluding ortho intramolecular Hbond substituents is 1. The molecule has 0 aliphatic heterocycles. The number of halogens is 2. The standard InChI is InChI=1S/C27H23Cl2NO3/c28-20-13-15-24(22(29)17-20)33-16-6-11-25(32)30-27(19-8-2-1-3-9-19)26-21-10-5-4-7-18(21)12-14-23(26)31/h1-5,7-10,12-15,17,27,31H,6,11,16H2,(H,30,32). The van der Waals surface area contributed by atoms with Crippen LogP contribution >= 0.6 is 23.2 Å². The SMILES string of the molecule is O=C(CCCOc1ccc(Cl)cc1Cl)NC(c1ccccc1)c1c(O)ccc2ccccc12. The molecule has 4 rings (SSSR count). The van der Waals surface area contributed by atoms with Gasteiger partial charge in [0, 0.05) is 17.0 Å². The Morgan fingerprint density at radius 2 is 1.70 bits per heavy atom. The Morgan fingerprint density at radius 1 is 0.939 bits per heavy atom. The molecule has 0 aliphatic carbocycles. The van der Waals surface area contributed by atoms with Crippen LogP contribution in [-0.2, 0) is 4.79 Å². The van der Waals surface area contributed by atoms with Crippen LogP contribution in [0.4, 0.5) is 0 Å². The van der Waals surface area contributed by atoms with E-state index in [-0.39, 0.29) is 18.1 Å². The lowest BCUT2D eigenvalue weighted by Crippen LogP contribution is -2.29. The van der Waals surface area contributed by atoms with Crippen LogP contribution in [0.1, 0.15) is 30.0 Å². The van der Waals surface area contributed by atoms with Crippen LogP contribution in [0.25, 0.3) is 10.8 Å². The summed E-state index contributed by atoms with van der Waals surface area (Å²) in [5.74, 6) is 0.537. The van der Waals surface area contributed by atoms with Gasteiger partial charge in [0.25, 0.3) is 0 Å². The van der Waals surface area contributed by atoms with Gasteiger partial charge in [0.15, 0.2) is 0 Å². The summed E-state index contributed by atoms with van der Waals surface area (Å²) in [6.45, 7) is 0.338. The highest BCUT2D eigenvalue weighted by atomic mass is 35.5. The number of aromatic hydroxyl groups is 1. The van der Waals surface area contributed by atoms with Crippen molar-refractivity contribution in [3.63, 3.8) is 0 Å². The molecule has 4 nitrogen and oxygen atoms in total. The van der Waals surface area contributed by atoms with E-state index in [0.29, 0.717) is 34.4 Å². The number of ether oxygens (including phenoxy) is 1. The summed E-state index contributed by atoms with van der Waals surface area (Å²) < 4.78 is 5.68. The van der Waals surface area contributed by atoms with Gasteiger partial charge >= 0.3 is 0 Å². The van der Waals surface area contributed by atoms with Crippen molar-refractivity contribution in [3.05, 3.63) is 106 Å². The van der Waals surface area contributed by atoms with Crippen LogP contribution in [-0.4, -0.2) is 17.6 Å². The lowest BCUT2D eigenvalue weighted by atomic mass is 9.92. The number of hydrogen-bond donors (Lipinski definition) is 2. The Labute approximate surface area is 202 Å². The predicted molar refractivity (Wildman–Crippen MR) is 133 cm³/mol. The summed E-state index contributed by atoms with van der Waals surface area (Å²) in [6, 6.07) is 25.5. The molecule has 0 bridgehead atoms. The minimum atomic E-state index is -0.489. The van der Waals surface area contributed by atoms with Crippen molar-refractivity contribution < 1.29 is 14.6 Å². The molecule has 0 radical (unpaired) electrons. The smallest absolute Gasteiger partial charge is 0.220 e. The first-order valence-electron chi connectivity index (χ1n) is 10.7. The molecule has 2 N–H and O–H groups in total. The molecule has 1 atom stereocenters. The fourth-order valence-corrected chi connectivity index (χ4v) is 4.26. The van der Waals surface area contributed by atoms with Crippen molar-refractivity contribution >= 4 is 39.9 Å². The molecule has 0 heterocycles. The van der Waals surface area contributed by atoms with Crippen molar-refractivity contribution in [2.45, 2.75) is 18.9 Å². The highest BCUT2D eigenvalue weighted by Crippen LogP contribution is 2.36. The molecule has 0 aliphatic rings. The van der Waals surface area contributed by atoms with Crippen LogP contribution in [0.3, 0.4) is 0 Å². The molecule has 1 amide bonds. The third-order valence-electron chi connectivity index (χ3n) is 5.37. The first-order chi connectivity index (χ1) is 16.0. The minimum Gasteiger partial charge on any atom is -0.508 e. The summed E-state index contributed by atoms with van der Waals surface area (Å²) >= 11 is 12.0. The van der Waals surface area contributed by atoms with Gasteiger partial charge in [0.05, 0.1) is 17.7 Å². The molecular weight excluding hydrogens is 457 g/mol. The Kier molecular flexibility index (Phi) is 7.38. The maximum Gasteiger partial charge on any atom is 0.220 e. The topological polar surface area (TPSA) is 58.6 Å². The highest BCUT2D eigenvalue weighted by Gasteiger charge is 2.22. The second-order valence-corrected chi connectivity index (χ2v) is 8.50. The zero-order valence-electron chi connectivity index (χ0n) is 17.8. The number of carbonyl (C=O) groups is 1. The van der Waals surface area contributed by atoms with Crippen molar-refractivity contribution in [3.8, 4) is 11.5 Å². The van der Waals surface area contributed by atoms with E-state index >= 15 is 0 Å². The molecular formula is C27H23Cl2NO3. The van der Waals surface area contributed by atoms with E-state index in [4.69, 9.17) is 27.9 Å². The van der Waals surface area contributed by atoms with Crippen molar-refractivity contribution in [1.82, 2.24) is 5.32 Å². The number of fused-ring (bicyclic) bond motifs is 1. The molecule has 0 aromatic heterocycles. The van der Waals surface area contributed by atoms with Gasteiger partial charge in [-0.25, -0.2) is 0 Å². The lowest BCUT2D eigenvalue weighted by Gasteiger charge is -2.22. The zero-order chi connectivity index (χ0) is 23.2. The molecule has 168 valence electrons. The summed E-state index contributed by atoms with van der Waals surface area (Å²) in [7, 11) is 0. The maximum atomic E-state index is 12.9. The van der Waals surface area contributed by atoms with Crippen LogP contribution in [0.15, 0.2) is 84.9 Å². The third-order valence-corrected chi connectivity index (χ3v) is 5.90. The van der Waals surface area contributed by atoms with Crippen LogP contribution in [0.5, 0.6) is 11.5 Å². The van der Waals surface area contributed by atoms with Gasteiger partial charge in [-0.1, -0.05) is 83.9 Å². The second kappa shape index (κ2) is 10.6. The molecule has 0 saturated heterocycles. The summed E-state index contributed by atoms with van der Waals surface area (Å²) in [6.07, 6.45) is 0.772. The van der Waals surface area contributed by atoms with Crippen LogP contribution < -0.4 is 10.1 Å². The van der Waals surface area contributed by atoms with E-state index in [0.717, 1.165) is 16.3 Å². The van der Waals surface area contributed by atoms with E-state index < -0.39 is 6.04 Å². The maximum absolute atomic E-state index is 12.9. The lowest BCUT2D eigenvalue weighted by molar-refractivity contribution is -0.121. The fraction of sp³-hybridized carbons (Fsp3) is 0.148. The Hall–Kier alpha value is -3.21. The average Bonchev–Trinajstić information content (AvgIpc) is 2.82. The number of hydrogen-bond acceptors (Lipinski definition) is 3. The van der Waals surface area contributed by atoms with E-state index in [2.05, 4.69) is 5.32 Å². The summed E-state index contributed by atoms with van der Waals surface area (Å²) in [5.41, 5.74) is 1.57. The van der Waals surface area contributed by atoms with Crippen molar-refractivity contribution in [1.29, 1.82) is 0 Å². The average molecular weight is 480 g/mol. The Bertz CT molecular complexity index is 1260. The largest absolute Gasteiger partial charge is 0.508 e. The predicted octanol–water partition coefficient (Wildman–Crippen LogP) is 6.92. The van der Waals surface area contributed by atoms with E-state index in [1.54, 1.807) is 24.3 Å². The zero-order valence-corrected chi connectivity index (χ0v) is 19.3. The molecule has 6 heteroatoms. The van der Waals surface area contributed by atoms with Gasteiger partial charge in [-0.05, 0) is 47.0 Å². The van der Waals surface area contributed by atoms with Crippen LogP contribution in [0.2, 0.25) is 10.0 Å². The number of rotatable bonds is 8. The van der Waals surface area contributed by atoms with Gasteiger partial charge in [-0.15, -0.1) is 0 Å². The molecule has 0 spiro atoms. The second-order valence-electron chi connectivity index (χ2n) is 7.66. The number of phenols is 1. The molecule has 0 fully saturated rings. The number of carbonyl (C=O) groups excluding carboxylic acids is 1. The first kappa shape index (κ1) is 23.0. The summed E-state index contributed by atoms with van der Waals surface area (Å²) in [4.78, 5) is 12.9. The monoisotopic (exact) mass is 479 g/mol. The number of benzene rings is 4. The van der Waals surface area contributed by atoms with Gasteiger partial charge in [0.1, 0.15) is 11.5 Å². The number of nitrogens with one attached hydrogen (secondary N) is 1. The summed E-state index contributed by atoms with van der Waals surface area (Å²) in [5, 5.41) is 16.7. The van der Waals surface area contributed by atoms with E-state index in [1.165, 1.54) is 0 Å². The molecule has 33 heavy (non-hydrogen) atoms. The number of amides is 1. The quantitative estimate of drug-likeness (QED) is 0.269. The van der Waals surface area contributed by atoms with Crippen LogP contribution in [0, 0.1) is 0 Å². The third kappa shape index (κ3) is 5.59. The fourth-order valence-electron chi connectivity index (χ4n) is 3.80. The molecule has 4 aromatic carbocycles. The molecule has 0 saturated carbocycles. The minimum absolute atomic E-state index is 0.137. The van der Waals surface area contributed by atoms with Crippen molar-refractivity contribution in [2.75, 3.05) is 6.61 Å². The van der Waals surface area contributed by atoms with Gasteiger partial charge < -0.3 is 15.2 Å². The Balaban J connectivity index is 1.49. The molecule has 1 unspecified atom stereocenters. The first-order valence-corrected chi connectivity index (χ1v) is 11.4. The van der Waals surface area contributed by atoms with Gasteiger partial charge in [-0.3, -0.25) is 4.79 Å². The normalized spacial score (nSPS) is 11.8. The van der Waals surface area contributed by atoms with Gasteiger partial charge in [0.2, 0.25) is 5.91 Å². The Morgan fingerprint density at radius 3 is 2.48 bits per heavy atom. The van der Waals surface area contributed by atoms with E-state index in [9.17, 15) is 9.90 Å².